The van der Waals surface area contributed by atoms with Gasteiger partial charge in [-0.2, -0.15) is 0 Å². The second kappa shape index (κ2) is 27.0. The van der Waals surface area contributed by atoms with Gasteiger partial charge in [0.1, 0.15) is 13.2 Å². The lowest BCUT2D eigenvalue weighted by molar-refractivity contribution is -0.140. The molecule has 0 spiro atoms. The number of esters is 4. The molecule has 0 bridgehead atoms. The summed E-state index contributed by atoms with van der Waals surface area (Å²) < 4.78 is 43.2. The summed E-state index contributed by atoms with van der Waals surface area (Å²) in [7, 11) is 2.50. The van der Waals surface area contributed by atoms with E-state index in [0.717, 1.165) is 0 Å². The Balaban J connectivity index is 1.17. The summed E-state index contributed by atoms with van der Waals surface area (Å²) in [5.41, 5.74) is 3.34. The third kappa shape index (κ3) is 14.4. The first-order chi connectivity index (χ1) is 31.8. The predicted molar refractivity (Wildman–Crippen MR) is 241 cm³/mol. The van der Waals surface area contributed by atoms with Gasteiger partial charge in [-0.05, 0) is 51.0 Å². The quantitative estimate of drug-likeness (QED) is 0.0630. The molecule has 2 atom stereocenters. The number of carbonyl (C=O) groups is 6. The second-order valence-corrected chi connectivity index (χ2v) is 15.2. The molecule has 0 fully saturated rings. The van der Waals surface area contributed by atoms with E-state index in [2.05, 4.69) is 21.3 Å². The number of rotatable bonds is 25. The van der Waals surface area contributed by atoms with Crippen LogP contribution in [0.15, 0.2) is 93.6 Å². The van der Waals surface area contributed by atoms with Gasteiger partial charge in [-0.25, -0.2) is 19.2 Å². The topological polar surface area (TPSA) is 224 Å². The number of carbonyl (C=O) groups excluding carboxylic acids is 6. The van der Waals surface area contributed by atoms with Crippen molar-refractivity contribution in [1.82, 2.24) is 21.3 Å². The molecular weight excluding hydrogens is 903 g/mol. The molecule has 66 heavy (non-hydrogen) atoms. The molecular formula is C46H56Cl2N4O14. The SMILES string of the molecule is CCOC(=O)C1=C(COCCNC(=O)COCCOCC(=O)NCCOCC2=C(C(=O)OCC)C(c3ccccc3Cl)C(C(=O)OC)=C(C)N2)NC(C)=C(C(=O)OC)C1c1ccccc1Cl. The molecule has 358 valence electrons. The molecule has 0 saturated carbocycles. The van der Waals surface area contributed by atoms with Gasteiger partial charge >= 0.3 is 23.9 Å². The van der Waals surface area contributed by atoms with Gasteiger partial charge in [0.2, 0.25) is 11.8 Å². The van der Waals surface area contributed by atoms with Gasteiger partial charge in [-0.1, -0.05) is 59.6 Å². The van der Waals surface area contributed by atoms with Crippen molar-refractivity contribution < 1.29 is 66.7 Å². The number of nitrogens with one attached hydrogen (secondary N) is 4. The van der Waals surface area contributed by atoms with Crippen LogP contribution in [-0.4, -0.2) is 129 Å². The summed E-state index contributed by atoms with van der Waals surface area (Å²) in [5.74, 6) is -5.21. The number of hydrogen-bond donors (Lipinski definition) is 4. The molecule has 2 aliphatic rings. The van der Waals surface area contributed by atoms with Crippen LogP contribution in [0.5, 0.6) is 0 Å². The Morgan fingerprint density at radius 2 is 0.924 bits per heavy atom. The first kappa shape index (κ1) is 52.9. The molecule has 4 rings (SSSR count). The third-order valence-electron chi connectivity index (χ3n) is 9.99. The monoisotopic (exact) mass is 958 g/mol. The molecule has 2 amide bonds. The zero-order chi connectivity index (χ0) is 48.2. The fraction of sp³-hybridized carbons (Fsp3) is 0.435. The van der Waals surface area contributed by atoms with Crippen LogP contribution in [0.2, 0.25) is 10.0 Å². The van der Waals surface area contributed by atoms with Crippen LogP contribution in [0, 0.1) is 0 Å². The average molecular weight is 960 g/mol. The Morgan fingerprint density at radius 1 is 0.545 bits per heavy atom. The molecule has 2 aromatic carbocycles. The number of methoxy groups -OCH3 is 2. The first-order valence-corrected chi connectivity index (χ1v) is 21.8. The van der Waals surface area contributed by atoms with Crippen molar-refractivity contribution in [2.45, 2.75) is 39.5 Å². The Bertz CT molecular complexity index is 2070. The van der Waals surface area contributed by atoms with Crippen molar-refractivity contribution in [2.75, 3.05) is 93.4 Å². The van der Waals surface area contributed by atoms with Crippen LogP contribution in [0.1, 0.15) is 50.7 Å². The number of dihydropyridines is 2. The highest BCUT2D eigenvalue weighted by atomic mass is 35.5. The van der Waals surface area contributed by atoms with E-state index in [1.807, 2.05) is 0 Å². The lowest BCUT2D eigenvalue weighted by atomic mass is 9.80. The largest absolute Gasteiger partial charge is 0.466 e. The maximum Gasteiger partial charge on any atom is 0.336 e. The predicted octanol–water partition coefficient (Wildman–Crippen LogP) is 3.89. The van der Waals surface area contributed by atoms with Crippen LogP contribution >= 0.6 is 23.2 Å². The number of allylic oxidation sites excluding steroid dienone is 2. The Labute approximate surface area is 393 Å². The summed E-state index contributed by atoms with van der Waals surface area (Å²) in [4.78, 5) is 77.3. The van der Waals surface area contributed by atoms with E-state index < -0.39 is 47.5 Å². The van der Waals surface area contributed by atoms with Crippen molar-refractivity contribution in [2.24, 2.45) is 0 Å². The summed E-state index contributed by atoms with van der Waals surface area (Å²) in [6.07, 6.45) is 0. The molecule has 20 heteroatoms. The minimum absolute atomic E-state index is 0.0372. The molecule has 2 aliphatic heterocycles. The van der Waals surface area contributed by atoms with Crippen LogP contribution in [0.25, 0.3) is 0 Å². The van der Waals surface area contributed by atoms with Gasteiger partial charge in [0.05, 0.1) is 113 Å². The molecule has 0 aromatic heterocycles. The lowest BCUT2D eigenvalue weighted by Crippen LogP contribution is -2.35. The minimum atomic E-state index is -0.895. The van der Waals surface area contributed by atoms with Crippen molar-refractivity contribution in [3.63, 3.8) is 0 Å². The van der Waals surface area contributed by atoms with E-state index in [-0.39, 0.29) is 101 Å². The van der Waals surface area contributed by atoms with E-state index in [1.54, 1.807) is 76.2 Å². The zero-order valence-electron chi connectivity index (χ0n) is 37.7. The van der Waals surface area contributed by atoms with Crippen LogP contribution in [-0.2, 0) is 66.7 Å². The highest BCUT2D eigenvalue weighted by molar-refractivity contribution is 6.32. The van der Waals surface area contributed by atoms with E-state index >= 15 is 0 Å². The molecule has 0 saturated heterocycles. The fourth-order valence-electron chi connectivity index (χ4n) is 7.15. The van der Waals surface area contributed by atoms with Gasteiger partial charge in [0.25, 0.3) is 0 Å². The minimum Gasteiger partial charge on any atom is -0.466 e. The first-order valence-electron chi connectivity index (χ1n) is 21.0. The molecule has 2 aromatic rings. The normalized spacial score (nSPS) is 16.0. The average Bonchev–Trinajstić information content (AvgIpc) is 3.29. The maximum absolute atomic E-state index is 13.4. The van der Waals surface area contributed by atoms with Gasteiger partial charge in [0.15, 0.2) is 0 Å². The van der Waals surface area contributed by atoms with Gasteiger partial charge in [-0.3, -0.25) is 9.59 Å². The van der Waals surface area contributed by atoms with Crippen LogP contribution in [0.4, 0.5) is 0 Å². The zero-order valence-corrected chi connectivity index (χ0v) is 39.2. The number of benzene rings is 2. The number of hydrogen-bond acceptors (Lipinski definition) is 16. The smallest absolute Gasteiger partial charge is 0.336 e. The van der Waals surface area contributed by atoms with E-state index in [1.165, 1.54) is 14.2 Å². The van der Waals surface area contributed by atoms with Gasteiger partial charge in [-0.15, -0.1) is 0 Å². The standard InChI is InChI=1S/C46H56Cl2N4O14/c1-7-65-45(57)41-33(51-27(3)37(43(55)59-5)39(41)29-13-9-11-15-31(29)47)23-61-19-17-49-35(53)25-63-21-22-64-26-36(54)50-18-20-62-24-34-42(46(58)66-8-2)40(30-14-10-12-16-32(30)48)38(28(4)52-34)44(56)60-6/h9-16,39-40,51-52H,7-8,17-26H2,1-6H3,(H,49,53)(H,50,54). The summed E-state index contributed by atoms with van der Waals surface area (Å²) in [6.45, 7) is 6.64. The molecule has 0 aliphatic carbocycles. The van der Waals surface area contributed by atoms with Crippen molar-refractivity contribution in [1.29, 1.82) is 0 Å². The fourth-order valence-corrected chi connectivity index (χ4v) is 7.63. The van der Waals surface area contributed by atoms with Crippen LogP contribution in [0.3, 0.4) is 0 Å². The molecule has 4 N–H and O–H groups in total. The number of amides is 2. The highest BCUT2D eigenvalue weighted by Crippen LogP contribution is 2.43. The lowest BCUT2D eigenvalue weighted by Gasteiger charge is -2.31. The van der Waals surface area contributed by atoms with Gasteiger partial charge < -0.3 is 59.2 Å². The van der Waals surface area contributed by atoms with Crippen LogP contribution < -0.4 is 21.3 Å². The molecule has 2 heterocycles. The summed E-state index contributed by atoms with van der Waals surface area (Å²) in [6, 6.07) is 13.7. The van der Waals surface area contributed by atoms with Gasteiger partial charge in [0, 0.05) is 34.5 Å². The molecule has 2 unspecified atom stereocenters. The molecule has 0 radical (unpaired) electrons. The molecule has 18 nitrogen and oxygen atoms in total. The van der Waals surface area contributed by atoms with Crippen molar-refractivity contribution in [3.8, 4) is 0 Å². The number of halogens is 2. The van der Waals surface area contributed by atoms with E-state index in [4.69, 9.17) is 61.1 Å². The highest BCUT2D eigenvalue weighted by Gasteiger charge is 2.41. The Morgan fingerprint density at radius 3 is 1.27 bits per heavy atom. The summed E-state index contributed by atoms with van der Waals surface area (Å²) in [5, 5.41) is 12.2. The Kier molecular flexibility index (Phi) is 21.6. The Hall–Kier alpha value is -5.76. The summed E-state index contributed by atoms with van der Waals surface area (Å²) >= 11 is 13.1. The van der Waals surface area contributed by atoms with Crippen molar-refractivity contribution in [3.05, 3.63) is 115 Å². The number of ether oxygens (including phenoxy) is 8. The van der Waals surface area contributed by atoms with E-state index in [0.29, 0.717) is 44.0 Å². The maximum atomic E-state index is 13.4. The second-order valence-electron chi connectivity index (χ2n) is 14.4. The van der Waals surface area contributed by atoms with Crippen molar-refractivity contribution >= 4 is 58.9 Å². The third-order valence-corrected chi connectivity index (χ3v) is 10.7. The van der Waals surface area contributed by atoms with E-state index in [9.17, 15) is 28.8 Å².